The molecule has 2 amide bonds. The number of hydrogen-bond donors (Lipinski definition) is 1. The highest BCUT2D eigenvalue weighted by atomic mass is 32.2. The summed E-state index contributed by atoms with van der Waals surface area (Å²) in [5.74, 6) is 0.884. The van der Waals surface area contributed by atoms with Crippen molar-refractivity contribution in [1.29, 1.82) is 0 Å². The standard InChI is InChI=1S/C12H20N2O3S/c1-8(2)6-17-13-11(16)9-7-18-12(3)5-4-10(15)14(9)12/h8-9H,4-7H2,1-3H3,(H,13,16)/t9-,12+/m1/s1. The van der Waals surface area contributed by atoms with Gasteiger partial charge in [0.05, 0.1) is 11.5 Å². The van der Waals surface area contributed by atoms with Crippen LogP contribution in [0.2, 0.25) is 0 Å². The number of carbonyl (C=O) groups is 2. The summed E-state index contributed by atoms with van der Waals surface area (Å²) in [6.45, 7) is 6.54. The van der Waals surface area contributed by atoms with Crippen LogP contribution in [-0.2, 0) is 14.4 Å². The third kappa shape index (κ3) is 2.49. The summed E-state index contributed by atoms with van der Waals surface area (Å²) < 4.78 is 0. The van der Waals surface area contributed by atoms with Gasteiger partial charge in [-0.1, -0.05) is 13.8 Å². The minimum absolute atomic E-state index is 0.0755. The number of fused-ring (bicyclic) bond motifs is 1. The molecule has 2 fully saturated rings. The number of thioether (sulfide) groups is 1. The molecule has 1 N–H and O–H groups in total. The molecule has 2 saturated heterocycles. The predicted octanol–water partition coefficient (Wildman–Crippen LogP) is 1.14. The van der Waals surface area contributed by atoms with Crippen molar-refractivity contribution < 1.29 is 14.4 Å². The Labute approximate surface area is 112 Å². The van der Waals surface area contributed by atoms with E-state index in [2.05, 4.69) is 5.48 Å². The lowest BCUT2D eigenvalue weighted by Crippen LogP contribution is -2.50. The molecule has 2 aliphatic heterocycles. The molecular formula is C12H20N2O3S. The summed E-state index contributed by atoms with van der Waals surface area (Å²) in [7, 11) is 0. The Morgan fingerprint density at radius 1 is 1.67 bits per heavy atom. The van der Waals surface area contributed by atoms with Crippen LogP contribution in [0.5, 0.6) is 0 Å². The molecule has 0 aromatic carbocycles. The molecule has 6 heteroatoms. The second-order valence-electron chi connectivity index (χ2n) is 5.44. The first kappa shape index (κ1) is 13.7. The summed E-state index contributed by atoms with van der Waals surface area (Å²) in [5, 5.41) is 0. The summed E-state index contributed by atoms with van der Waals surface area (Å²) in [6, 6.07) is -0.387. The molecule has 0 aromatic rings. The van der Waals surface area contributed by atoms with Crippen LogP contribution in [0, 0.1) is 5.92 Å². The molecule has 0 spiro atoms. The van der Waals surface area contributed by atoms with Crippen molar-refractivity contribution in [2.45, 2.75) is 44.5 Å². The van der Waals surface area contributed by atoms with E-state index in [0.717, 1.165) is 6.42 Å². The van der Waals surface area contributed by atoms with E-state index in [9.17, 15) is 9.59 Å². The van der Waals surface area contributed by atoms with Crippen LogP contribution in [-0.4, -0.2) is 40.0 Å². The maximum Gasteiger partial charge on any atom is 0.267 e. The molecule has 2 heterocycles. The monoisotopic (exact) mass is 272 g/mol. The van der Waals surface area contributed by atoms with Gasteiger partial charge in [0.2, 0.25) is 5.91 Å². The molecule has 0 radical (unpaired) electrons. The van der Waals surface area contributed by atoms with Gasteiger partial charge < -0.3 is 4.90 Å². The van der Waals surface area contributed by atoms with E-state index < -0.39 is 0 Å². The number of nitrogens with zero attached hydrogens (tertiary/aromatic N) is 1. The molecule has 2 aliphatic rings. The summed E-state index contributed by atoms with van der Waals surface area (Å²) >= 11 is 1.68. The van der Waals surface area contributed by atoms with Crippen molar-refractivity contribution >= 4 is 23.6 Å². The number of hydroxylamine groups is 1. The minimum atomic E-state index is -0.387. The zero-order chi connectivity index (χ0) is 13.3. The van der Waals surface area contributed by atoms with Gasteiger partial charge in [0.1, 0.15) is 6.04 Å². The van der Waals surface area contributed by atoms with Gasteiger partial charge in [0.25, 0.3) is 5.91 Å². The van der Waals surface area contributed by atoms with Crippen molar-refractivity contribution in [2.75, 3.05) is 12.4 Å². The first-order valence-electron chi connectivity index (χ1n) is 6.32. The van der Waals surface area contributed by atoms with Crippen molar-refractivity contribution in [1.82, 2.24) is 10.4 Å². The van der Waals surface area contributed by atoms with Crippen molar-refractivity contribution in [3.63, 3.8) is 0 Å². The number of rotatable bonds is 4. The van der Waals surface area contributed by atoms with Gasteiger partial charge in [0, 0.05) is 12.2 Å². The first-order chi connectivity index (χ1) is 8.44. The Morgan fingerprint density at radius 2 is 2.39 bits per heavy atom. The van der Waals surface area contributed by atoms with E-state index in [1.165, 1.54) is 0 Å². The van der Waals surface area contributed by atoms with Crippen LogP contribution >= 0.6 is 11.8 Å². The number of nitrogens with one attached hydrogen (secondary N) is 1. The summed E-state index contributed by atoms with van der Waals surface area (Å²) in [4.78, 5) is 30.5. The molecule has 102 valence electrons. The fourth-order valence-corrected chi connectivity index (χ4v) is 3.79. The maximum absolute atomic E-state index is 12.0. The van der Waals surface area contributed by atoms with Gasteiger partial charge in [-0.15, -0.1) is 11.8 Å². The first-order valence-corrected chi connectivity index (χ1v) is 7.30. The van der Waals surface area contributed by atoms with Crippen molar-refractivity contribution in [3.05, 3.63) is 0 Å². The van der Waals surface area contributed by atoms with Crippen LogP contribution < -0.4 is 5.48 Å². The van der Waals surface area contributed by atoms with Crippen molar-refractivity contribution in [2.24, 2.45) is 5.92 Å². The van der Waals surface area contributed by atoms with Crippen molar-refractivity contribution in [3.8, 4) is 0 Å². The van der Waals surface area contributed by atoms with Crippen LogP contribution in [0.25, 0.3) is 0 Å². The Hall–Kier alpha value is -0.750. The van der Waals surface area contributed by atoms with Gasteiger partial charge in [-0.25, -0.2) is 5.48 Å². The molecule has 2 atom stereocenters. The average molecular weight is 272 g/mol. The van der Waals surface area contributed by atoms with Gasteiger partial charge in [-0.3, -0.25) is 14.4 Å². The van der Waals surface area contributed by atoms with Crippen LogP contribution in [0.3, 0.4) is 0 Å². The Kier molecular flexibility index (Phi) is 3.87. The largest absolute Gasteiger partial charge is 0.315 e. The highest BCUT2D eigenvalue weighted by molar-refractivity contribution is 8.01. The van der Waals surface area contributed by atoms with Gasteiger partial charge >= 0.3 is 0 Å². The summed E-state index contributed by atoms with van der Waals surface area (Å²) in [6.07, 6.45) is 1.37. The van der Waals surface area contributed by atoms with Gasteiger partial charge in [0.15, 0.2) is 0 Å². The quantitative estimate of drug-likeness (QED) is 0.780. The fraction of sp³-hybridized carbons (Fsp3) is 0.833. The maximum atomic E-state index is 12.0. The summed E-state index contributed by atoms with van der Waals surface area (Å²) in [5.41, 5.74) is 2.46. The molecule has 2 rings (SSSR count). The zero-order valence-electron chi connectivity index (χ0n) is 11.1. The second kappa shape index (κ2) is 5.09. The second-order valence-corrected chi connectivity index (χ2v) is 6.94. The number of amides is 2. The molecule has 0 aromatic heterocycles. The van der Waals surface area contributed by atoms with E-state index in [-0.39, 0.29) is 22.7 Å². The molecule has 0 unspecified atom stereocenters. The van der Waals surface area contributed by atoms with Crippen LogP contribution in [0.15, 0.2) is 0 Å². The zero-order valence-corrected chi connectivity index (χ0v) is 11.9. The topological polar surface area (TPSA) is 58.6 Å². The minimum Gasteiger partial charge on any atom is -0.315 e. The Balaban J connectivity index is 1.93. The lowest BCUT2D eigenvalue weighted by Gasteiger charge is -2.29. The molecule has 5 nitrogen and oxygen atoms in total. The van der Waals surface area contributed by atoms with Gasteiger partial charge in [-0.2, -0.15) is 0 Å². The average Bonchev–Trinajstić information content (AvgIpc) is 2.76. The van der Waals surface area contributed by atoms with Crippen LogP contribution in [0.1, 0.15) is 33.6 Å². The van der Waals surface area contributed by atoms with E-state index in [0.29, 0.717) is 24.7 Å². The molecule has 0 saturated carbocycles. The third-order valence-electron chi connectivity index (χ3n) is 3.34. The lowest BCUT2D eigenvalue weighted by atomic mass is 10.2. The van der Waals surface area contributed by atoms with E-state index >= 15 is 0 Å². The van der Waals surface area contributed by atoms with Gasteiger partial charge in [-0.05, 0) is 19.3 Å². The number of carbonyl (C=O) groups excluding carboxylic acids is 2. The SMILES string of the molecule is CC(C)CONC(=O)[C@H]1CS[C@@]2(C)CCC(=O)N12. The lowest BCUT2D eigenvalue weighted by molar-refractivity contribution is -0.145. The Bertz CT molecular complexity index is 361. The van der Waals surface area contributed by atoms with E-state index in [1.807, 2.05) is 20.8 Å². The number of hydrogen-bond acceptors (Lipinski definition) is 4. The molecular weight excluding hydrogens is 252 g/mol. The van der Waals surface area contributed by atoms with Crippen LogP contribution in [0.4, 0.5) is 0 Å². The Morgan fingerprint density at radius 3 is 3.06 bits per heavy atom. The molecule has 0 bridgehead atoms. The highest BCUT2D eigenvalue weighted by Gasteiger charge is 2.52. The normalized spacial score (nSPS) is 31.0. The van der Waals surface area contributed by atoms with E-state index in [4.69, 9.17) is 4.84 Å². The third-order valence-corrected chi connectivity index (χ3v) is 4.84. The molecule has 18 heavy (non-hydrogen) atoms. The fourth-order valence-electron chi connectivity index (χ4n) is 2.36. The molecule has 0 aliphatic carbocycles. The van der Waals surface area contributed by atoms with E-state index in [1.54, 1.807) is 16.7 Å². The highest BCUT2D eigenvalue weighted by Crippen LogP contribution is 2.47. The predicted molar refractivity (Wildman–Crippen MR) is 69.7 cm³/mol. The smallest absolute Gasteiger partial charge is 0.267 e.